The quantitative estimate of drug-likeness (QED) is 0.791. The highest BCUT2D eigenvalue weighted by Crippen LogP contribution is 2.35. The number of pyridine rings is 1. The number of likely N-dealkylation sites (tertiary alicyclic amines) is 1. The molecule has 152 valence electrons. The largest absolute Gasteiger partial charge is 0.346 e. The van der Waals surface area contributed by atoms with Crippen molar-refractivity contribution in [1.82, 2.24) is 19.8 Å². The van der Waals surface area contributed by atoms with Crippen LogP contribution in [0.25, 0.3) is 16.6 Å². The molecule has 2 aliphatic heterocycles. The van der Waals surface area contributed by atoms with Gasteiger partial charge in [0.2, 0.25) is 12.3 Å². The van der Waals surface area contributed by atoms with Crippen molar-refractivity contribution in [3.8, 4) is 0 Å². The third-order valence-corrected chi connectivity index (χ3v) is 6.44. The Labute approximate surface area is 170 Å². The van der Waals surface area contributed by atoms with E-state index in [1.807, 2.05) is 23.2 Å². The summed E-state index contributed by atoms with van der Waals surface area (Å²) in [5.41, 5.74) is 3.15. The Morgan fingerprint density at radius 3 is 2.83 bits per heavy atom. The number of rotatable bonds is 5. The molecule has 2 amide bonds. The molecule has 1 saturated carbocycles. The molecule has 2 fully saturated rings. The van der Waals surface area contributed by atoms with E-state index in [1.165, 1.54) is 5.57 Å². The summed E-state index contributed by atoms with van der Waals surface area (Å²) in [7, 11) is 2.08. The van der Waals surface area contributed by atoms with E-state index in [-0.39, 0.29) is 17.9 Å². The fraction of sp³-hybridized carbons (Fsp3) is 0.500. The Morgan fingerprint density at radius 2 is 2.17 bits per heavy atom. The smallest absolute Gasteiger partial charge is 0.227 e. The molecule has 2 aromatic heterocycles. The van der Waals surface area contributed by atoms with Gasteiger partial charge in [-0.2, -0.15) is 0 Å². The van der Waals surface area contributed by atoms with E-state index in [0.29, 0.717) is 12.4 Å². The summed E-state index contributed by atoms with van der Waals surface area (Å²) in [4.78, 5) is 38.3. The van der Waals surface area contributed by atoms with Crippen molar-refractivity contribution in [2.24, 2.45) is 5.92 Å². The van der Waals surface area contributed by atoms with Gasteiger partial charge < -0.3 is 14.8 Å². The van der Waals surface area contributed by atoms with Crippen molar-refractivity contribution < 1.29 is 9.59 Å². The molecular formula is C22H27N5O2. The number of carbonyl (C=O) groups excluding carboxylic acids is 2. The summed E-state index contributed by atoms with van der Waals surface area (Å²) in [5.74, 6) is 1.13. The van der Waals surface area contributed by atoms with Gasteiger partial charge in [-0.3, -0.25) is 14.5 Å². The fourth-order valence-corrected chi connectivity index (χ4v) is 4.61. The first kappa shape index (κ1) is 18.4. The van der Waals surface area contributed by atoms with Gasteiger partial charge in [0.1, 0.15) is 11.5 Å². The van der Waals surface area contributed by atoms with Crippen LogP contribution in [0.1, 0.15) is 31.2 Å². The van der Waals surface area contributed by atoms with Crippen LogP contribution in [0.4, 0.5) is 5.82 Å². The second-order valence-corrected chi connectivity index (χ2v) is 8.52. The van der Waals surface area contributed by atoms with Gasteiger partial charge in [0.15, 0.2) is 0 Å². The zero-order chi connectivity index (χ0) is 20.0. The van der Waals surface area contributed by atoms with Crippen LogP contribution in [0.3, 0.4) is 0 Å². The van der Waals surface area contributed by atoms with Crippen LogP contribution >= 0.6 is 0 Å². The minimum absolute atomic E-state index is 0.138. The molecule has 7 heteroatoms. The van der Waals surface area contributed by atoms with Gasteiger partial charge in [0.05, 0.1) is 5.92 Å². The van der Waals surface area contributed by atoms with Crippen LogP contribution in [-0.2, 0) is 9.59 Å². The van der Waals surface area contributed by atoms with E-state index in [9.17, 15) is 9.59 Å². The average molecular weight is 393 g/mol. The number of amides is 2. The topological polar surface area (TPSA) is 72.5 Å². The van der Waals surface area contributed by atoms with Crippen LogP contribution < -0.4 is 4.90 Å². The molecule has 1 atom stereocenters. The molecule has 2 aromatic rings. The monoisotopic (exact) mass is 393 g/mol. The van der Waals surface area contributed by atoms with Gasteiger partial charge in [-0.1, -0.05) is 6.08 Å². The first-order chi connectivity index (χ1) is 14.1. The lowest BCUT2D eigenvalue weighted by Gasteiger charge is -2.29. The molecule has 1 saturated heterocycles. The summed E-state index contributed by atoms with van der Waals surface area (Å²) < 4.78 is 0. The number of aromatic amines is 1. The summed E-state index contributed by atoms with van der Waals surface area (Å²) in [5, 5.41) is 1.07. The number of H-pyrrole nitrogens is 1. The molecule has 0 aromatic carbocycles. The van der Waals surface area contributed by atoms with Crippen LogP contribution in [0.5, 0.6) is 0 Å². The molecular weight excluding hydrogens is 366 g/mol. The lowest BCUT2D eigenvalue weighted by atomic mass is 9.96. The van der Waals surface area contributed by atoms with Gasteiger partial charge in [-0.05, 0) is 62.5 Å². The third kappa shape index (κ3) is 3.44. The van der Waals surface area contributed by atoms with Crippen molar-refractivity contribution in [2.75, 3.05) is 38.1 Å². The Kier molecular flexibility index (Phi) is 4.62. The number of nitrogens with zero attached hydrogens (tertiary/aromatic N) is 4. The molecule has 29 heavy (non-hydrogen) atoms. The van der Waals surface area contributed by atoms with Crippen LogP contribution in [0, 0.1) is 5.92 Å². The van der Waals surface area contributed by atoms with Gasteiger partial charge in [-0.25, -0.2) is 4.98 Å². The molecule has 1 aliphatic carbocycles. The molecule has 0 spiro atoms. The molecule has 0 radical (unpaired) electrons. The van der Waals surface area contributed by atoms with E-state index >= 15 is 0 Å². The maximum Gasteiger partial charge on any atom is 0.227 e. The van der Waals surface area contributed by atoms with E-state index < -0.39 is 0 Å². The summed E-state index contributed by atoms with van der Waals surface area (Å²) in [6.07, 6.45) is 8.82. The second kappa shape index (κ2) is 7.30. The molecule has 1 N–H and O–H groups in total. The number of carbonyl (C=O) groups is 2. The summed E-state index contributed by atoms with van der Waals surface area (Å²) >= 11 is 0. The summed E-state index contributed by atoms with van der Waals surface area (Å²) in [6, 6.07) is 4.35. The highest BCUT2D eigenvalue weighted by molar-refractivity contribution is 5.94. The van der Waals surface area contributed by atoms with Gasteiger partial charge >= 0.3 is 0 Å². The SMILES string of the molecule is CN1CCC(C(=O)N2CC=C(c3cc(N(C=O)C4CC4)nc4[nH]ccc34)CC2)C1. The number of hydrogen-bond donors (Lipinski definition) is 1. The number of anilines is 1. The minimum atomic E-state index is 0.138. The van der Waals surface area contributed by atoms with Crippen LogP contribution in [-0.4, -0.2) is 71.4 Å². The minimum Gasteiger partial charge on any atom is -0.346 e. The fourth-order valence-electron chi connectivity index (χ4n) is 4.61. The van der Waals surface area contributed by atoms with E-state index in [1.54, 1.807) is 4.90 Å². The number of fused-ring (bicyclic) bond motifs is 1. The maximum absolute atomic E-state index is 12.8. The Morgan fingerprint density at radius 1 is 1.31 bits per heavy atom. The first-order valence-electron chi connectivity index (χ1n) is 10.5. The standard InChI is InChI=1S/C22H27N5O2/c1-25-9-5-16(13-25)22(29)26-10-6-15(7-11-26)19-12-20(27(14-28)17-2-3-17)24-21-18(19)4-8-23-21/h4,6,8,12,14,16-17H,2-3,5,7,9-11,13H2,1H3,(H,23,24). The predicted molar refractivity (Wildman–Crippen MR) is 112 cm³/mol. The highest BCUT2D eigenvalue weighted by atomic mass is 16.2. The van der Waals surface area contributed by atoms with Crippen LogP contribution in [0.15, 0.2) is 24.4 Å². The Bertz CT molecular complexity index is 977. The number of aromatic nitrogens is 2. The first-order valence-corrected chi connectivity index (χ1v) is 10.5. The summed E-state index contributed by atoms with van der Waals surface area (Å²) in [6.45, 7) is 3.27. The average Bonchev–Trinajstić information content (AvgIpc) is 3.29. The van der Waals surface area contributed by atoms with E-state index in [2.05, 4.69) is 28.0 Å². The van der Waals surface area contributed by atoms with Gasteiger partial charge in [-0.15, -0.1) is 0 Å². The lowest BCUT2D eigenvalue weighted by molar-refractivity contribution is -0.134. The third-order valence-electron chi connectivity index (χ3n) is 6.44. The lowest BCUT2D eigenvalue weighted by Crippen LogP contribution is -2.39. The number of nitrogens with one attached hydrogen (secondary N) is 1. The van der Waals surface area contributed by atoms with Crippen molar-refractivity contribution in [1.29, 1.82) is 0 Å². The van der Waals surface area contributed by atoms with Gasteiger partial charge in [0, 0.05) is 37.3 Å². The molecule has 5 rings (SSSR count). The molecule has 0 bridgehead atoms. The van der Waals surface area contributed by atoms with Gasteiger partial charge in [0.25, 0.3) is 0 Å². The maximum atomic E-state index is 12.8. The highest BCUT2D eigenvalue weighted by Gasteiger charge is 2.32. The molecule has 3 aliphatic rings. The Hall–Kier alpha value is -2.67. The molecule has 4 heterocycles. The van der Waals surface area contributed by atoms with Crippen LogP contribution in [0.2, 0.25) is 0 Å². The molecule has 1 unspecified atom stereocenters. The van der Waals surface area contributed by atoms with E-state index in [4.69, 9.17) is 0 Å². The predicted octanol–water partition coefficient (Wildman–Crippen LogP) is 2.26. The zero-order valence-corrected chi connectivity index (χ0v) is 16.8. The normalized spacial score (nSPS) is 22.7. The molecule has 7 nitrogen and oxygen atoms in total. The zero-order valence-electron chi connectivity index (χ0n) is 16.8. The Balaban J connectivity index is 1.40. The number of hydrogen-bond acceptors (Lipinski definition) is 4. The van der Waals surface area contributed by atoms with Crippen molar-refractivity contribution in [3.63, 3.8) is 0 Å². The van der Waals surface area contributed by atoms with E-state index in [0.717, 1.165) is 68.3 Å². The van der Waals surface area contributed by atoms with Crippen molar-refractivity contribution in [3.05, 3.63) is 30.0 Å². The second-order valence-electron chi connectivity index (χ2n) is 8.52. The van der Waals surface area contributed by atoms with Crippen molar-refractivity contribution in [2.45, 2.75) is 31.7 Å². The van der Waals surface area contributed by atoms with Crippen molar-refractivity contribution >= 4 is 34.7 Å².